The first-order valence-corrected chi connectivity index (χ1v) is 9.62. The Labute approximate surface area is 160 Å². The maximum absolute atomic E-state index is 13.0. The van der Waals surface area contributed by atoms with E-state index in [9.17, 15) is 4.79 Å². The molecule has 5 nitrogen and oxygen atoms in total. The number of benzene rings is 1. The minimum Gasteiger partial charge on any atom is -0.342 e. The normalized spacial score (nSPS) is 15.4. The van der Waals surface area contributed by atoms with Crippen molar-refractivity contribution in [3.63, 3.8) is 0 Å². The second-order valence-corrected chi connectivity index (χ2v) is 8.18. The van der Waals surface area contributed by atoms with Crippen molar-refractivity contribution in [2.45, 2.75) is 45.2 Å². The van der Waals surface area contributed by atoms with Crippen molar-refractivity contribution in [3.8, 4) is 0 Å². The fourth-order valence-electron chi connectivity index (χ4n) is 3.34. The van der Waals surface area contributed by atoms with E-state index in [0.29, 0.717) is 5.56 Å². The van der Waals surface area contributed by atoms with Gasteiger partial charge in [0.2, 0.25) is 0 Å². The van der Waals surface area contributed by atoms with Crippen LogP contribution in [0.1, 0.15) is 54.3 Å². The molecule has 1 aliphatic rings. The monoisotopic (exact) mass is 412 g/mol. The lowest BCUT2D eigenvalue weighted by molar-refractivity contribution is 0.0930. The Balaban J connectivity index is 1.64. The number of nitrogens with one attached hydrogen (secondary N) is 1. The maximum Gasteiger partial charge on any atom is 0.253 e. The third-order valence-corrected chi connectivity index (χ3v) is 5.52. The Hall–Kier alpha value is -2.21. The summed E-state index contributed by atoms with van der Waals surface area (Å²) < 4.78 is 2.92. The molecule has 1 N–H and O–H groups in total. The highest BCUT2D eigenvalue weighted by atomic mass is 79.9. The number of rotatable bonds is 4. The molecular formula is C20H21BrN4O. The number of fused-ring (bicyclic) bond motifs is 1. The zero-order valence-electron chi connectivity index (χ0n) is 15.1. The van der Waals surface area contributed by atoms with Crippen LogP contribution in [0.2, 0.25) is 0 Å². The summed E-state index contributed by atoms with van der Waals surface area (Å²) in [5.74, 6) is -0.0744. The van der Waals surface area contributed by atoms with Crippen LogP contribution in [-0.4, -0.2) is 20.7 Å². The lowest BCUT2D eigenvalue weighted by Crippen LogP contribution is -2.35. The Kier molecular flexibility index (Phi) is 4.10. The maximum atomic E-state index is 13.0. The summed E-state index contributed by atoms with van der Waals surface area (Å²) in [6.07, 6.45) is 3.70. The molecular weight excluding hydrogens is 392 g/mol. The molecule has 2 aromatic heterocycles. The number of halogens is 1. The van der Waals surface area contributed by atoms with Crippen LogP contribution in [0.25, 0.3) is 11.0 Å². The molecule has 4 rings (SSSR count). The van der Waals surface area contributed by atoms with E-state index in [1.807, 2.05) is 29.8 Å². The van der Waals surface area contributed by atoms with Gasteiger partial charge in [0.1, 0.15) is 0 Å². The van der Waals surface area contributed by atoms with Crippen molar-refractivity contribution in [3.05, 3.63) is 57.8 Å². The summed E-state index contributed by atoms with van der Waals surface area (Å²) in [6.45, 7) is 6.02. The Morgan fingerprint density at radius 3 is 2.58 bits per heavy atom. The SMILES string of the molecule is Cc1nc2c(cnn2C(C)C)cc1C(=O)NC1(c2ccc(Br)cc2)CC1. The Bertz CT molecular complexity index is 987. The molecule has 26 heavy (non-hydrogen) atoms. The summed E-state index contributed by atoms with van der Waals surface area (Å²) >= 11 is 3.46. The first kappa shape index (κ1) is 17.2. The van der Waals surface area contributed by atoms with Gasteiger partial charge in [-0.2, -0.15) is 5.10 Å². The standard InChI is InChI=1S/C20H21BrN4O/c1-12(2)25-18-14(11-22-25)10-17(13(3)23-18)19(26)24-20(8-9-20)15-4-6-16(21)7-5-15/h4-7,10-12H,8-9H2,1-3H3,(H,24,26). The summed E-state index contributed by atoms with van der Waals surface area (Å²) in [5.41, 5.74) is 3.06. The van der Waals surface area contributed by atoms with Gasteiger partial charge in [-0.1, -0.05) is 28.1 Å². The van der Waals surface area contributed by atoms with E-state index in [0.717, 1.165) is 39.6 Å². The van der Waals surface area contributed by atoms with Crippen molar-refractivity contribution in [1.29, 1.82) is 0 Å². The molecule has 0 spiro atoms. The van der Waals surface area contributed by atoms with Gasteiger partial charge in [0, 0.05) is 15.9 Å². The van der Waals surface area contributed by atoms with Crippen molar-refractivity contribution in [2.24, 2.45) is 0 Å². The van der Waals surface area contributed by atoms with Crippen molar-refractivity contribution in [2.75, 3.05) is 0 Å². The summed E-state index contributed by atoms with van der Waals surface area (Å²) in [6, 6.07) is 10.3. The van der Waals surface area contributed by atoms with E-state index in [-0.39, 0.29) is 17.5 Å². The zero-order chi connectivity index (χ0) is 18.5. The van der Waals surface area contributed by atoms with E-state index >= 15 is 0 Å². The van der Waals surface area contributed by atoms with Crippen LogP contribution >= 0.6 is 15.9 Å². The van der Waals surface area contributed by atoms with Crippen LogP contribution in [-0.2, 0) is 5.54 Å². The van der Waals surface area contributed by atoms with Crippen LogP contribution in [0, 0.1) is 6.92 Å². The number of aromatic nitrogens is 3. The van der Waals surface area contributed by atoms with Gasteiger partial charge < -0.3 is 5.32 Å². The molecule has 1 aromatic carbocycles. The van der Waals surface area contributed by atoms with E-state index in [4.69, 9.17) is 0 Å². The molecule has 134 valence electrons. The van der Waals surface area contributed by atoms with Gasteiger partial charge in [0.05, 0.1) is 23.0 Å². The van der Waals surface area contributed by atoms with Gasteiger partial charge in [-0.25, -0.2) is 9.67 Å². The largest absolute Gasteiger partial charge is 0.342 e. The van der Waals surface area contributed by atoms with Gasteiger partial charge in [-0.15, -0.1) is 0 Å². The molecule has 1 saturated carbocycles. The summed E-state index contributed by atoms with van der Waals surface area (Å²) in [7, 11) is 0. The highest BCUT2D eigenvalue weighted by Gasteiger charge is 2.45. The van der Waals surface area contributed by atoms with E-state index in [2.05, 4.69) is 57.3 Å². The van der Waals surface area contributed by atoms with Crippen molar-refractivity contribution in [1.82, 2.24) is 20.1 Å². The molecule has 6 heteroatoms. The van der Waals surface area contributed by atoms with Crippen LogP contribution in [0.5, 0.6) is 0 Å². The number of nitrogens with zero attached hydrogens (tertiary/aromatic N) is 3. The van der Waals surface area contributed by atoms with Gasteiger partial charge in [0.15, 0.2) is 5.65 Å². The second kappa shape index (κ2) is 6.20. The molecule has 0 bridgehead atoms. The van der Waals surface area contributed by atoms with Crippen molar-refractivity contribution < 1.29 is 4.79 Å². The minimum absolute atomic E-state index is 0.0744. The average molecular weight is 413 g/mol. The minimum atomic E-state index is -0.249. The fraction of sp³-hybridized carbons (Fsp3) is 0.350. The number of amides is 1. The molecule has 0 aliphatic heterocycles. The number of aryl methyl sites for hydroxylation is 1. The number of carbonyl (C=O) groups is 1. The van der Waals surface area contributed by atoms with Crippen LogP contribution in [0.3, 0.4) is 0 Å². The Morgan fingerprint density at radius 2 is 1.96 bits per heavy atom. The molecule has 1 aliphatic carbocycles. The molecule has 1 amide bonds. The van der Waals surface area contributed by atoms with Gasteiger partial charge in [-0.3, -0.25) is 4.79 Å². The molecule has 0 atom stereocenters. The number of carbonyl (C=O) groups excluding carboxylic acids is 1. The second-order valence-electron chi connectivity index (χ2n) is 7.26. The molecule has 0 radical (unpaired) electrons. The number of hydrogen-bond acceptors (Lipinski definition) is 3. The predicted molar refractivity (Wildman–Crippen MR) is 105 cm³/mol. The average Bonchev–Trinajstić information content (AvgIpc) is 3.25. The first-order chi connectivity index (χ1) is 12.4. The highest BCUT2D eigenvalue weighted by molar-refractivity contribution is 9.10. The van der Waals surface area contributed by atoms with Gasteiger partial charge in [0.25, 0.3) is 5.91 Å². The first-order valence-electron chi connectivity index (χ1n) is 8.83. The smallest absolute Gasteiger partial charge is 0.253 e. The third kappa shape index (κ3) is 2.92. The van der Waals surface area contributed by atoms with Crippen LogP contribution in [0.15, 0.2) is 41.0 Å². The fourth-order valence-corrected chi connectivity index (χ4v) is 3.60. The summed E-state index contributed by atoms with van der Waals surface area (Å²) in [4.78, 5) is 17.6. The van der Waals surface area contributed by atoms with Gasteiger partial charge in [-0.05, 0) is 57.4 Å². The van der Waals surface area contributed by atoms with E-state index < -0.39 is 0 Å². The van der Waals surface area contributed by atoms with Crippen LogP contribution < -0.4 is 5.32 Å². The number of pyridine rings is 1. The zero-order valence-corrected chi connectivity index (χ0v) is 16.7. The number of hydrogen-bond donors (Lipinski definition) is 1. The van der Waals surface area contributed by atoms with Crippen molar-refractivity contribution >= 4 is 32.9 Å². The third-order valence-electron chi connectivity index (χ3n) is 4.99. The Morgan fingerprint density at radius 1 is 1.27 bits per heavy atom. The molecule has 3 aromatic rings. The van der Waals surface area contributed by atoms with Crippen LogP contribution in [0.4, 0.5) is 0 Å². The lowest BCUT2D eigenvalue weighted by Gasteiger charge is -2.19. The predicted octanol–water partition coefficient (Wildman–Crippen LogP) is 4.50. The van der Waals surface area contributed by atoms with E-state index in [1.165, 1.54) is 0 Å². The quantitative estimate of drug-likeness (QED) is 0.685. The topological polar surface area (TPSA) is 59.8 Å². The molecule has 1 fully saturated rings. The molecule has 0 saturated heterocycles. The molecule has 2 heterocycles. The molecule has 0 unspecified atom stereocenters. The van der Waals surface area contributed by atoms with E-state index in [1.54, 1.807) is 6.20 Å². The lowest BCUT2D eigenvalue weighted by atomic mass is 10.0. The summed E-state index contributed by atoms with van der Waals surface area (Å²) in [5, 5.41) is 8.52. The highest BCUT2D eigenvalue weighted by Crippen LogP contribution is 2.46. The van der Waals surface area contributed by atoms with Gasteiger partial charge >= 0.3 is 0 Å².